The van der Waals surface area contributed by atoms with Crippen LogP contribution in [0.1, 0.15) is 33.1 Å². The minimum atomic E-state index is -1.45. The fourth-order valence-corrected chi connectivity index (χ4v) is 7.74. The van der Waals surface area contributed by atoms with Crippen molar-refractivity contribution in [1.29, 1.82) is 0 Å². The number of aliphatic hydroxyl groups excluding tert-OH is 1. The number of nitrogens with one attached hydrogen (secondary N) is 1. The van der Waals surface area contributed by atoms with Crippen LogP contribution in [0.15, 0.2) is 65.2 Å². The number of likely N-dealkylation sites (tertiary alicyclic amines) is 1. The molecule has 0 saturated carbocycles. The van der Waals surface area contributed by atoms with E-state index in [1.165, 1.54) is 4.90 Å². The maximum absolute atomic E-state index is 15.0. The number of allylic oxidation sites excluding steroid dienone is 1. The molecule has 0 unspecified atom stereocenters. The Labute approximate surface area is 264 Å². The van der Waals surface area contributed by atoms with E-state index in [1.807, 2.05) is 61.5 Å². The Morgan fingerprint density at radius 2 is 1.86 bits per heavy atom. The molecular weight excluding hydrogens is 630 g/mol. The molecule has 3 amide bonds. The van der Waals surface area contributed by atoms with Gasteiger partial charge >= 0.3 is 5.97 Å². The predicted octanol–water partition coefficient (Wildman–Crippen LogP) is 3.21. The first-order chi connectivity index (χ1) is 21.2. The number of fused-ring (bicyclic) bond motifs is 3. The van der Waals surface area contributed by atoms with Crippen LogP contribution in [0.5, 0.6) is 0 Å². The summed E-state index contributed by atoms with van der Waals surface area (Å²) in [6, 6.07) is 11.7. The molecule has 2 aromatic carbocycles. The van der Waals surface area contributed by atoms with E-state index in [0.29, 0.717) is 23.0 Å². The van der Waals surface area contributed by atoms with Gasteiger partial charge in [-0.3, -0.25) is 19.2 Å². The fourth-order valence-electron chi connectivity index (χ4n) is 7.00. The van der Waals surface area contributed by atoms with Gasteiger partial charge in [0.25, 0.3) is 5.91 Å². The SMILES string of the molecule is CC[C@@H](CO)N1C(=O)[C@H]2[C@@H]3C(=O)O[C@H](C)CNC(=O)CC/C=C\CN(c4ccc5ccccc5c4)C(=O)[C@H]1[C@@]21C=C(Br)[C@@H]3O1. The van der Waals surface area contributed by atoms with E-state index in [4.69, 9.17) is 9.47 Å². The molecule has 2 fully saturated rings. The molecule has 10 nitrogen and oxygen atoms in total. The summed E-state index contributed by atoms with van der Waals surface area (Å²) in [4.78, 5) is 58.5. The molecule has 11 heteroatoms. The molecule has 44 heavy (non-hydrogen) atoms. The van der Waals surface area contributed by atoms with Crippen molar-refractivity contribution in [2.24, 2.45) is 11.8 Å². The number of rotatable bonds is 4. The second-order valence-corrected chi connectivity index (χ2v) is 12.8. The van der Waals surface area contributed by atoms with E-state index >= 15 is 0 Å². The van der Waals surface area contributed by atoms with Gasteiger partial charge in [-0.1, -0.05) is 65.3 Å². The minimum Gasteiger partial charge on any atom is -0.460 e. The first kappa shape index (κ1) is 30.5. The third-order valence-electron chi connectivity index (χ3n) is 9.15. The number of amides is 3. The molecular formula is C33H36BrN3O7. The number of aliphatic hydroxyl groups is 1. The summed E-state index contributed by atoms with van der Waals surface area (Å²) in [5.41, 5.74) is -0.826. The van der Waals surface area contributed by atoms with Crippen LogP contribution in [0, 0.1) is 11.8 Å². The molecule has 0 aromatic heterocycles. The first-order valence-corrected chi connectivity index (χ1v) is 15.9. The molecule has 1 spiro atoms. The molecule has 4 aliphatic heterocycles. The normalized spacial score (nSPS) is 32.4. The summed E-state index contributed by atoms with van der Waals surface area (Å²) in [6.07, 6.45) is 5.07. The molecule has 6 rings (SSSR count). The average molecular weight is 667 g/mol. The topological polar surface area (TPSA) is 125 Å². The van der Waals surface area contributed by atoms with Crippen LogP contribution in [0.2, 0.25) is 0 Å². The monoisotopic (exact) mass is 665 g/mol. The second-order valence-electron chi connectivity index (χ2n) is 11.9. The highest BCUT2D eigenvalue weighted by Gasteiger charge is 2.75. The summed E-state index contributed by atoms with van der Waals surface area (Å²) >= 11 is 3.55. The van der Waals surface area contributed by atoms with Gasteiger partial charge in [-0.2, -0.15) is 0 Å². The van der Waals surface area contributed by atoms with Crippen molar-refractivity contribution in [2.45, 2.75) is 63.0 Å². The zero-order valence-electron chi connectivity index (χ0n) is 24.6. The van der Waals surface area contributed by atoms with Gasteiger partial charge in [0, 0.05) is 23.1 Å². The Morgan fingerprint density at radius 3 is 2.61 bits per heavy atom. The highest BCUT2D eigenvalue weighted by atomic mass is 79.9. The van der Waals surface area contributed by atoms with Gasteiger partial charge in [0.15, 0.2) is 0 Å². The Kier molecular flexibility index (Phi) is 8.38. The number of cyclic esters (lactones) is 1. The summed E-state index contributed by atoms with van der Waals surface area (Å²) in [5.74, 6) is -3.68. The van der Waals surface area contributed by atoms with Crippen LogP contribution in [-0.2, 0) is 28.7 Å². The molecule has 7 atom stereocenters. The van der Waals surface area contributed by atoms with E-state index in [-0.39, 0.29) is 32.0 Å². The van der Waals surface area contributed by atoms with Crippen molar-refractivity contribution >= 4 is 56.1 Å². The molecule has 0 radical (unpaired) electrons. The Morgan fingerprint density at radius 1 is 1.09 bits per heavy atom. The summed E-state index contributed by atoms with van der Waals surface area (Å²) < 4.78 is 12.8. The maximum atomic E-state index is 15.0. The van der Waals surface area contributed by atoms with Gasteiger partial charge in [0.2, 0.25) is 11.8 Å². The van der Waals surface area contributed by atoms with Gasteiger partial charge in [-0.05, 0) is 48.7 Å². The highest BCUT2D eigenvalue weighted by molar-refractivity contribution is 9.11. The van der Waals surface area contributed by atoms with Crippen molar-refractivity contribution in [1.82, 2.24) is 10.2 Å². The average Bonchev–Trinajstić information content (AvgIpc) is 3.61. The number of hydrogen-bond acceptors (Lipinski definition) is 7. The number of nitrogens with zero attached hydrogens (tertiary/aromatic N) is 2. The molecule has 5 bridgehead atoms. The number of anilines is 1. The van der Waals surface area contributed by atoms with Crippen molar-refractivity contribution in [2.75, 3.05) is 24.6 Å². The summed E-state index contributed by atoms with van der Waals surface area (Å²) in [5, 5.41) is 15.1. The van der Waals surface area contributed by atoms with Crippen LogP contribution in [-0.4, -0.2) is 83.3 Å². The Hall–Kier alpha value is -3.54. The quantitative estimate of drug-likeness (QED) is 0.380. The van der Waals surface area contributed by atoms with Crippen molar-refractivity contribution < 1.29 is 33.8 Å². The van der Waals surface area contributed by atoms with Crippen LogP contribution in [0.4, 0.5) is 5.69 Å². The molecule has 2 saturated heterocycles. The molecule has 0 aliphatic carbocycles. The van der Waals surface area contributed by atoms with Gasteiger partial charge in [-0.15, -0.1) is 0 Å². The zero-order valence-corrected chi connectivity index (χ0v) is 26.2. The molecule has 2 aromatic rings. The molecule has 4 heterocycles. The van der Waals surface area contributed by atoms with Gasteiger partial charge in [0.1, 0.15) is 29.8 Å². The number of carbonyl (C=O) groups is 4. The van der Waals surface area contributed by atoms with Crippen LogP contribution in [0.25, 0.3) is 10.8 Å². The third kappa shape index (κ3) is 5.04. The van der Waals surface area contributed by atoms with Gasteiger partial charge in [-0.25, -0.2) is 0 Å². The number of esters is 1. The maximum Gasteiger partial charge on any atom is 0.313 e. The van der Waals surface area contributed by atoms with Gasteiger partial charge in [0.05, 0.1) is 25.1 Å². The number of carbonyl (C=O) groups excluding carboxylic acids is 4. The minimum absolute atomic E-state index is 0.124. The lowest BCUT2D eigenvalue weighted by Crippen LogP contribution is -2.58. The summed E-state index contributed by atoms with van der Waals surface area (Å²) in [7, 11) is 0. The molecule has 232 valence electrons. The van der Waals surface area contributed by atoms with Crippen LogP contribution >= 0.6 is 15.9 Å². The van der Waals surface area contributed by atoms with Crippen LogP contribution < -0.4 is 10.2 Å². The van der Waals surface area contributed by atoms with Crippen molar-refractivity contribution in [3.63, 3.8) is 0 Å². The lowest BCUT2D eigenvalue weighted by atomic mass is 9.74. The van der Waals surface area contributed by atoms with Crippen molar-refractivity contribution in [3.05, 3.63) is 65.2 Å². The number of benzene rings is 2. The van der Waals surface area contributed by atoms with E-state index in [2.05, 4.69) is 21.2 Å². The van der Waals surface area contributed by atoms with E-state index in [9.17, 15) is 24.3 Å². The standard InChI is InChI=1S/C33H36BrN3O7/c1-3-22(18-38)37-29-31(41)36(23-13-12-20-9-6-7-10-21(20)15-23)14-8-4-5-11-25(39)35-17-19(2)43-32(42)26-27(30(37)40)33(29)16-24(34)28(26)44-33/h4,6-10,12-13,15-16,19,22,26-29,38H,3,5,11,14,17-18H2,1-2H3,(H,35,39)/b8-4-/t19-,22+,26+,27-,28+,29+,33-/m1/s1. The largest absolute Gasteiger partial charge is 0.460 e. The third-order valence-corrected chi connectivity index (χ3v) is 9.83. The Balaban J connectivity index is 1.50. The lowest BCUT2D eigenvalue weighted by molar-refractivity contribution is -0.159. The lowest BCUT2D eigenvalue weighted by Gasteiger charge is -2.38. The predicted molar refractivity (Wildman–Crippen MR) is 167 cm³/mol. The summed E-state index contributed by atoms with van der Waals surface area (Å²) in [6.45, 7) is 3.46. The van der Waals surface area contributed by atoms with E-state index in [1.54, 1.807) is 17.9 Å². The van der Waals surface area contributed by atoms with E-state index < -0.39 is 59.5 Å². The number of hydrogen-bond donors (Lipinski definition) is 2. The first-order valence-electron chi connectivity index (χ1n) is 15.1. The number of ether oxygens (including phenoxy) is 2. The van der Waals surface area contributed by atoms with Crippen LogP contribution in [0.3, 0.4) is 0 Å². The molecule has 4 aliphatic rings. The molecule has 2 N–H and O–H groups in total. The van der Waals surface area contributed by atoms with E-state index in [0.717, 1.165) is 10.8 Å². The highest BCUT2D eigenvalue weighted by Crippen LogP contribution is 2.59. The zero-order chi connectivity index (χ0) is 31.2. The second kappa shape index (κ2) is 12.1. The Bertz CT molecular complexity index is 1550. The smallest absolute Gasteiger partial charge is 0.313 e. The van der Waals surface area contributed by atoms with Gasteiger partial charge < -0.3 is 29.7 Å². The van der Waals surface area contributed by atoms with Crippen molar-refractivity contribution in [3.8, 4) is 0 Å². The fraction of sp³-hybridized carbons (Fsp3) is 0.455. The number of halogens is 1.